The second-order valence-electron chi connectivity index (χ2n) is 6.08. The SMILES string of the molecule is CCCNC1CCC(C)(C)CC1S(=O)CCOC. The minimum Gasteiger partial charge on any atom is -0.384 e. The molecule has 0 aliphatic heterocycles. The molecule has 1 N–H and O–H groups in total. The molecular formula is C14H29NO2S. The largest absolute Gasteiger partial charge is 0.384 e. The Morgan fingerprint density at radius 1 is 1.44 bits per heavy atom. The zero-order valence-electron chi connectivity index (χ0n) is 12.3. The van der Waals surface area contributed by atoms with E-state index in [4.69, 9.17) is 4.74 Å². The Hall–Kier alpha value is 0.0700. The average Bonchev–Trinajstić information content (AvgIpc) is 2.33. The van der Waals surface area contributed by atoms with Gasteiger partial charge in [-0.1, -0.05) is 20.8 Å². The van der Waals surface area contributed by atoms with Crippen molar-refractivity contribution in [2.24, 2.45) is 5.41 Å². The van der Waals surface area contributed by atoms with Gasteiger partial charge in [0.25, 0.3) is 0 Å². The van der Waals surface area contributed by atoms with Gasteiger partial charge in [0.2, 0.25) is 0 Å². The van der Waals surface area contributed by atoms with Crippen LogP contribution in [0.15, 0.2) is 0 Å². The second kappa shape index (κ2) is 7.61. The second-order valence-corrected chi connectivity index (χ2v) is 7.86. The van der Waals surface area contributed by atoms with E-state index in [0.717, 1.165) is 25.8 Å². The fraction of sp³-hybridized carbons (Fsp3) is 1.00. The third-order valence-electron chi connectivity index (χ3n) is 3.82. The summed E-state index contributed by atoms with van der Waals surface area (Å²) >= 11 is 0. The van der Waals surface area contributed by atoms with Gasteiger partial charge < -0.3 is 10.1 Å². The molecule has 4 heteroatoms. The van der Waals surface area contributed by atoms with Crippen molar-refractivity contribution in [1.82, 2.24) is 5.32 Å². The van der Waals surface area contributed by atoms with E-state index in [-0.39, 0.29) is 5.25 Å². The average molecular weight is 275 g/mol. The molecule has 0 aromatic rings. The molecule has 3 nitrogen and oxygen atoms in total. The van der Waals surface area contributed by atoms with Gasteiger partial charge in [0.1, 0.15) is 0 Å². The predicted molar refractivity (Wildman–Crippen MR) is 78.4 cm³/mol. The summed E-state index contributed by atoms with van der Waals surface area (Å²) in [5.74, 6) is 0.668. The first-order valence-corrected chi connectivity index (χ1v) is 8.48. The third-order valence-corrected chi connectivity index (χ3v) is 5.56. The lowest BCUT2D eigenvalue weighted by atomic mass is 9.75. The molecule has 0 aromatic heterocycles. The molecule has 1 aliphatic rings. The number of nitrogens with one attached hydrogen (secondary N) is 1. The normalized spacial score (nSPS) is 29.1. The molecule has 18 heavy (non-hydrogen) atoms. The summed E-state index contributed by atoms with van der Waals surface area (Å²) in [6.07, 6.45) is 4.57. The molecule has 1 rings (SSSR count). The first kappa shape index (κ1) is 16.1. The highest BCUT2D eigenvalue weighted by Gasteiger charge is 2.37. The van der Waals surface area contributed by atoms with Gasteiger partial charge in [-0.2, -0.15) is 0 Å². The molecule has 0 radical (unpaired) electrons. The van der Waals surface area contributed by atoms with Gasteiger partial charge in [-0.15, -0.1) is 0 Å². The summed E-state index contributed by atoms with van der Waals surface area (Å²) < 4.78 is 17.5. The van der Waals surface area contributed by atoms with Crippen LogP contribution in [0.3, 0.4) is 0 Å². The fourth-order valence-electron chi connectivity index (χ4n) is 2.68. The van der Waals surface area contributed by atoms with Crippen molar-refractivity contribution in [3.63, 3.8) is 0 Å². The number of methoxy groups -OCH3 is 1. The predicted octanol–water partition coefficient (Wildman–Crippen LogP) is 2.33. The van der Waals surface area contributed by atoms with Crippen molar-refractivity contribution < 1.29 is 8.95 Å². The van der Waals surface area contributed by atoms with Gasteiger partial charge in [-0.3, -0.25) is 4.21 Å². The summed E-state index contributed by atoms with van der Waals surface area (Å²) in [6, 6.07) is 0.427. The van der Waals surface area contributed by atoms with Crippen LogP contribution >= 0.6 is 0 Å². The van der Waals surface area contributed by atoms with Crippen LogP contribution in [0.4, 0.5) is 0 Å². The number of rotatable bonds is 7. The molecule has 0 bridgehead atoms. The zero-order valence-corrected chi connectivity index (χ0v) is 13.1. The van der Waals surface area contributed by atoms with Crippen LogP contribution in [-0.4, -0.2) is 41.5 Å². The van der Waals surface area contributed by atoms with Gasteiger partial charge in [-0.05, 0) is 37.6 Å². The van der Waals surface area contributed by atoms with Gasteiger partial charge in [0.15, 0.2) is 0 Å². The topological polar surface area (TPSA) is 38.3 Å². The lowest BCUT2D eigenvalue weighted by Crippen LogP contribution is -2.49. The van der Waals surface area contributed by atoms with Crippen LogP contribution in [0, 0.1) is 5.41 Å². The molecule has 1 saturated carbocycles. The van der Waals surface area contributed by atoms with Gasteiger partial charge in [-0.25, -0.2) is 0 Å². The molecule has 108 valence electrons. The molecule has 1 aliphatic carbocycles. The molecule has 0 heterocycles. The Kier molecular flexibility index (Phi) is 6.82. The van der Waals surface area contributed by atoms with E-state index < -0.39 is 10.8 Å². The fourth-order valence-corrected chi connectivity index (χ4v) is 4.55. The molecule has 1 fully saturated rings. The molecule has 3 atom stereocenters. The number of ether oxygens (including phenoxy) is 1. The summed E-state index contributed by atoms with van der Waals surface area (Å²) in [7, 11) is 0.901. The number of hydrogen-bond acceptors (Lipinski definition) is 3. The number of hydrogen-bond donors (Lipinski definition) is 1. The molecule has 0 spiro atoms. The summed E-state index contributed by atoms with van der Waals surface area (Å²) in [5.41, 5.74) is 0.331. The van der Waals surface area contributed by atoms with E-state index in [9.17, 15) is 4.21 Å². The highest BCUT2D eigenvalue weighted by Crippen LogP contribution is 2.37. The Morgan fingerprint density at radius 2 is 2.17 bits per heavy atom. The van der Waals surface area contributed by atoms with Crippen LogP contribution in [-0.2, 0) is 15.5 Å². The molecule has 0 saturated heterocycles. The quantitative estimate of drug-likeness (QED) is 0.775. The highest BCUT2D eigenvalue weighted by molar-refractivity contribution is 7.85. The standard InChI is InChI=1S/C14H29NO2S/c1-5-8-15-12-6-7-14(2,3)11-13(12)18(16)10-9-17-4/h12-13,15H,5-11H2,1-4H3. The molecule has 0 aromatic carbocycles. The Morgan fingerprint density at radius 3 is 2.78 bits per heavy atom. The van der Waals surface area contributed by atoms with Crippen LogP contribution in [0.1, 0.15) is 46.5 Å². The van der Waals surface area contributed by atoms with Crippen LogP contribution in [0.2, 0.25) is 0 Å². The van der Waals surface area contributed by atoms with Crippen LogP contribution in [0.25, 0.3) is 0 Å². The molecule has 0 amide bonds. The van der Waals surface area contributed by atoms with Crippen molar-refractivity contribution in [3.05, 3.63) is 0 Å². The summed E-state index contributed by atoms with van der Waals surface area (Å²) in [6.45, 7) is 8.40. The van der Waals surface area contributed by atoms with E-state index in [0.29, 0.717) is 23.8 Å². The summed E-state index contributed by atoms with van der Waals surface area (Å²) in [4.78, 5) is 0. The van der Waals surface area contributed by atoms with E-state index in [2.05, 4.69) is 26.1 Å². The smallest absolute Gasteiger partial charge is 0.0577 e. The zero-order chi connectivity index (χ0) is 13.6. The lowest BCUT2D eigenvalue weighted by molar-refractivity contribution is 0.206. The monoisotopic (exact) mass is 275 g/mol. The van der Waals surface area contributed by atoms with E-state index in [1.807, 2.05) is 0 Å². The van der Waals surface area contributed by atoms with Crippen LogP contribution in [0.5, 0.6) is 0 Å². The van der Waals surface area contributed by atoms with Gasteiger partial charge >= 0.3 is 0 Å². The maximum absolute atomic E-state index is 12.4. The lowest BCUT2D eigenvalue weighted by Gasteiger charge is -2.40. The first-order valence-electron chi connectivity index (χ1n) is 7.09. The summed E-state index contributed by atoms with van der Waals surface area (Å²) in [5, 5.41) is 3.87. The minimum absolute atomic E-state index is 0.287. The van der Waals surface area contributed by atoms with Crippen molar-refractivity contribution >= 4 is 10.8 Å². The Bertz CT molecular complexity index is 269. The minimum atomic E-state index is -0.774. The van der Waals surface area contributed by atoms with Crippen LogP contribution < -0.4 is 5.32 Å². The Labute approximate surface area is 115 Å². The van der Waals surface area contributed by atoms with Crippen molar-refractivity contribution in [2.45, 2.75) is 57.7 Å². The maximum atomic E-state index is 12.4. The van der Waals surface area contributed by atoms with Gasteiger partial charge in [0, 0.05) is 29.7 Å². The van der Waals surface area contributed by atoms with Crippen molar-refractivity contribution in [3.8, 4) is 0 Å². The van der Waals surface area contributed by atoms with Gasteiger partial charge in [0.05, 0.1) is 11.9 Å². The third kappa shape index (κ3) is 4.98. The molecule has 3 unspecified atom stereocenters. The first-order chi connectivity index (χ1) is 8.50. The Balaban J connectivity index is 2.61. The van der Waals surface area contributed by atoms with E-state index >= 15 is 0 Å². The van der Waals surface area contributed by atoms with E-state index in [1.54, 1.807) is 7.11 Å². The van der Waals surface area contributed by atoms with E-state index in [1.165, 1.54) is 6.42 Å². The highest BCUT2D eigenvalue weighted by atomic mass is 32.2. The van der Waals surface area contributed by atoms with Crippen molar-refractivity contribution in [1.29, 1.82) is 0 Å². The molecular weight excluding hydrogens is 246 g/mol. The maximum Gasteiger partial charge on any atom is 0.0577 e. The van der Waals surface area contributed by atoms with Crippen molar-refractivity contribution in [2.75, 3.05) is 26.0 Å².